The van der Waals surface area contributed by atoms with Crippen molar-refractivity contribution in [1.29, 1.82) is 0 Å². The van der Waals surface area contributed by atoms with Crippen LogP contribution in [0.2, 0.25) is 0 Å². The van der Waals surface area contributed by atoms with E-state index < -0.39 is 0 Å². The molecule has 2 aromatic rings. The monoisotopic (exact) mass is 202 g/mol. The quantitative estimate of drug-likeness (QED) is 0.666. The molecule has 15 heavy (non-hydrogen) atoms. The molecule has 0 saturated carbocycles. The number of fused-ring (bicyclic) bond motifs is 1. The summed E-state index contributed by atoms with van der Waals surface area (Å²) in [6, 6.07) is 5.30. The van der Waals surface area contributed by atoms with E-state index in [1.54, 1.807) is 12.1 Å². The first-order valence-corrected chi connectivity index (χ1v) is 4.63. The molecule has 0 fully saturated rings. The van der Waals surface area contributed by atoms with Crippen LogP contribution in [0.3, 0.4) is 0 Å². The van der Waals surface area contributed by atoms with Crippen molar-refractivity contribution in [3.05, 3.63) is 45.8 Å². The fourth-order valence-corrected chi connectivity index (χ4v) is 1.55. The predicted octanol–water partition coefficient (Wildman–Crippen LogP) is 2.30. The first-order valence-electron chi connectivity index (χ1n) is 4.63. The molecule has 0 radical (unpaired) electrons. The van der Waals surface area contributed by atoms with Gasteiger partial charge in [0.1, 0.15) is 17.4 Å². The first kappa shape index (κ1) is 9.65. The molecule has 76 valence electrons. The number of carbonyl (C=O) groups excluding carboxylic acids is 1. The number of rotatable bonds is 1. The summed E-state index contributed by atoms with van der Waals surface area (Å²) in [7, 11) is 0. The van der Waals surface area contributed by atoms with Crippen LogP contribution in [0.4, 0.5) is 0 Å². The minimum Gasteiger partial charge on any atom is -0.463 e. The second-order valence-corrected chi connectivity index (χ2v) is 3.49. The van der Waals surface area contributed by atoms with Gasteiger partial charge >= 0.3 is 0 Å². The van der Waals surface area contributed by atoms with E-state index in [1.807, 2.05) is 13.0 Å². The van der Waals surface area contributed by atoms with Crippen LogP contribution in [0, 0.1) is 6.92 Å². The molecule has 0 aliphatic rings. The van der Waals surface area contributed by atoms with Crippen molar-refractivity contribution in [2.24, 2.45) is 0 Å². The van der Waals surface area contributed by atoms with Gasteiger partial charge in [-0.25, -0.2) is 0 Å². The Kier molecular flexibility index (Phi) is 2.15. The summed E-state index contributed by atoms with van der Waals surface area (Å²) in [4.78, 5) is 23.0. The van der Waals surface area contributed by atoms with Crippen molar-refractivity contribution in [1.82, 2.24) is 0 Å². The minimum absolute atomic E-state index is 0.105. The lowest BCUT2D eigenvalue weighted by Gasteiger charge is -2.01. The number of aryl methyl sites for hydroxylation is 1. The van der Waals surface area contributed by atoms with Gasteiger partial charge < -0.3 is 4.42 Å². The summed E-state index contributed by atoms with van der Waals surface area (Å²) in [6.45, 7) is 3.21. The van der Waals surface area contributed by atoms with Crippen molar-refractivity contribution in [3.63, 3.8) is 0 Å². The third-order valence-corrected chi connectivity index (χ3v) is 2.38. The van der Waals surface area contributed by atoms with Gasteiger partial charge in [-0.15, -0.1) is 0 Å². The Bertz CT molecular complexity index is 593. The van der Waals surface area contributed by atoms with E-state index in [4.69, 9.17) is 4.42 Å². The van der Waals surface area contributed by atoms with Crippen molar-refractivity contribution in [3.8, 4) is 0 Å². The molecule has 2 rings (SSSR count). The van der Waals surface area contributed by atoms with Gasteiger partial charge in [0, 0.05) is 0 Å². The lowest BCUT2D eigenvalue weighted by atomic mass is 10.1. The van der Waals surface area contributed by atoms with Gasteiger partial charge in [0.15, 0.2) is 5.78 Å². The second-order valence-electron chi connectivity index (χ2n) is 3.49. The molecule has 3 nitrogen and oxygen atoms in total. The molecule has 0 amide bonds. The van der Waals surface area contributed by atoms with E-state index in [0.29, 0.717) is 11.0 Å². The number of Topliss-reactive ketones (excluding diaryl/α,β-unsaturated/α-hetero) is 1. The highest BCUT2D eigenvalue weighted by atomic mass is 16.3. The molecule has 0 N–H and O–H groups in total. The lowest BCUT2D eigenvalue weighted by Crippen LogP contribution is -2.12. The van der Waals surface area contributed by atoms with Crippen LogP contribution in [-0.2, 0) is 0 Å². The molecule has 0 spiro atoms. The highest BCUT2D eigenvalue weighted by Crippen LogP contribution is 2.15. The van der Waals surface area contributed by atoms with E-state index in [1.165, 1.54) is 13.2 Å². The number of para-hydroxylation sites is 1. The third-order valence-electron chi connectivity index (χ3n) is 2.38. The number of hydrogen-bond donors (Lipinski definition) is 0. The molecule has 1 aromatic heterocycles. The molecule has 3 heteroatoms. The average molecular weight is 202 g/mol. The van der Waals surface area contributed by atoms with E-state index in [2.05, 4.69) is 0 Å². The van der Waals surface area contributed by atoms with Gasteiger partial charge in [-0.05, 0) is 25.5 Å². The summed E-state index contributed by atoms with van der Waals surface area (Å²) in [5.74, 6) is -0.271. The van der Waals surface area contributed by atoms with Crippen molar-refractivity contribution in [2.75, 3.05) is 0 Å². The molecule has 0 aliphatic heterocycles. The van der Waals surface area contributed by atoms with Crippen LogP contribution in [0.25, 0.3) is 11.0 Å². The van der Waals surface area contributed by atoms with Crippen LogP contribution in [0.1, 0.15) is 22.8 Å². The fraction of sp³-hybridized carbons (Fsp3) is 0.167. The largest absolute Gasteiger partial charge is 0.463 e. The molecule has 0 atom stereocenters. The van der Waals surface area contributed by atoms with E-state index in [-0.39, 0.29) is 16.8 Å². The maximum Gasteiger partial charge on any atom is 0.203 e. The Morgan fingerprint density at radius 2 is 2.07 bits per heavy atom. The SMILES string of the molecule is CC(=O)c1coc2c(C)cccc2c1=O. The Morgan fingerprint density at radius 1 is 1.33 bits per heavy atom. The van der Waals surface area contributed by atoms with Gasteiger partial charge in [-0.1, -0.05) is 12.1 Å². The molecular formula is C12H10O3. The maximum absolute atomic E-state index is 11.8. The zero-order chi connectivity index (χ0) is 11.0. The van der Waals surface area contributed by atoms with Crippen LogP contribution < -0.4 is 5.43 Å². The molecule has 0 saturated heterocycles. The summed E-state index contributed by atoms with van der Waals surface area (Å²) < 4.78 is 5.29. The molecule has 1 heterocycles. The molecule has 0 aliphatic carbocycles. The highest BCUT2D eigenvalue weighted by Gasteiger charge is 2.10. The van der Waals surface area contributed by atoms with Gasteiger partial charge in [-0.2, -0.15) is 0 Å². The van der Waals surface area contributed by atoms with Crippen LogP contribution >= 0.6 is 0 Å². The fourth-order valence-electron chi connectivity index (χ4n) is 1.55. The van der Waals surface area contributed by atoms with Crippen molar-refractivity contribution >= 4 is 16.8 Å². The molecule has 1 aromatic carbocycles. The zero-order valence-electron chi connectivity index (χ0n) is 8.53. The average Bonchev–Trinajstić information content (AvgIpc) is 2.19. The van der Waals surface area contributed by atoms with Crippen LogP contribution in [-0.4, -0.2) is 5.78 Å². The number of hydrogen-bond acceptors (Lipinski definition) is 3. The summed E-state index contributed by atoms with van der Waals surface area (Å²) >= 11 is 0. The maximum atomic E-state index is 11.8. The summed E-state index contributed by atoms with van der Waals surface area (Å²) in [5.41, 5.74) is 1.28. The Hall–Kier alpha value is -1.90. The standard InChI is InChI=1S/C12H10O3/c1-7-4-3-5-9-11(14)10(8(2)13)6-15-12(7)9/h3-6H,1-2H3. The Morgan fingerprint density at radius 3 is 2.73 bits per heavy atom. The normalized spacial score (nSPS) is 10.5. The zero-order valence-corrected chi connectivity index (χ0v) is 8.53. The minimum atomic E-state index is -0.271. The van der Waals surface area contributed by atoms with Gasteiger partial charge in [0.05, 0.1) is 5.39 Å². The summed E-state index contributed by atoms with van der Waals surface area (Å²) in [6.07, 6.45) is 1.24. The van der Waals surface area contributed by atoms with Gasteiger partial charge in [0.25, 0.3) is 0 Å². The lowest BCUT2D eigenvalue weighted by molar-refractivity contribution is 0.101. The molecule has 0 unspecified atom stereocenters. The second kappa shape index (κ2) is 3.35. The predicted molar refractivity (Wildman–Crippen MR) is 57.2 cm³/mol. The number of ketones is 1. The highest BCUT2D eigenvalue weighted by molar-refractivity contribution is 5.96. The first-order chi connectivity index (χ1) is 7.11. The third kappa shape index (κ3) is 1.46. The smallest absolute Gasteiger partial charge is 0.203 e. The number of benzene rings is 1. The molecule has 0 bridgehead atoms. The Balaban J connectivity index is 2.92. The van der Waals surface area contributed by atoms with Crippen LogP contribution in [0.15, 0.2) is 33.7 Å². The Labute approximate surface area is 86.3 Å². The van der Waals surface area contributed by atoms with Crippen molar-refractivity contribution < 1.29 is 9.21 Å². The topological polar surface area (TPSA) is 47.3 Å². The van der Waals surface area contributed by atoms with E-state index in [0.717, 1.165) is 5.56 Å². The van der Waals surface area contributed by atoms with Crippen LogP contribution in [0.5, 0.6) is 0 Å². The van der Waals surface area contributed by atoms with Gasteiger partial charge in [-0.3, -0.25) is 9.59 Å². The van der Waals surface area contributed by atoms with Gasteiger partial charge in [0.2, 0.25) is 5.43 Å². The summed E-state index contributed by atoms with van der Waals surface area (Å²) in [5, 5.41) is 0.461. The van der Waals surface area contributed by atoms with E-state index in [9.17, 15) is 9.59 Å². The van der Waals surface area contributed by atoms with Crippen molar-refractivity contribution in [2.45, 2.75) is 13.8 Å². The number of carbonyl (C=O) groups is 1. The molecular weight excluding hydrogens is 192 g/mol. The van der Waals surface area contributed by atoms with E-state index >= 15 is 0 Å².